The summed E-state index contributed by atoms with van der Waals surface area (Å²) in [6.07, 6.45) is 3.66. The van der Waals surface area contributed by atoms with Gasteiger partial charge in [0, 0.05) is 50.0 Å². The lowest BCUT2D eigenvalue weighted by molar-refractivity contribution is 0.0786. The molecule has 0 saturated carbocycles. The molecule has 1 saturated heterocycles. The molecule has 2 aliphatic rings. The molecule has 1 fully saturated rings. The topological polar surface area (TPSA) is 68.4 Å². The Balaban J connectivity index is 1.27. The fourth-order valence-electron chi connectivity index (χ4n) is 4.35. The molecule has 1 aromatic carbocycles. The Labute approximate surface area is 175 Å². The summed E-state index contributed by atoms with van der Waals surface area (Å²) < 4.78 is 9.36. The predicted molar refractivity (Wildman–Crippen MR) is 116 cm³/mol. The van der Waals surface area contributed by atoms with Gasteiger partial charge in [0.15, 0.2) is 0 Å². The molecule has 0 spiro atoms. The number of fused-ring (bicyclic) bond motifs is 2. The highest BCUT2D eigenvalue weighted by Gasteiger charge is 2.21. The second-order valence-electron chi connectivity index (χ2n) is 8.41. The highest BCUT2D eigenvalue weighted by Crippen LogP contribution is 2.22. The zero-order valence-electron chi connectivity index (χ0n) is 17.6. The number of ether oxygens (including phenoxy) is 1. The van der Waals surface area contributed by atoms with Crippen molar-refractivity contribution in [2.75, 3.05) is 37.7 Å². The van der Waals surface area contributed by atoms with E-state index in [-0.39, 0.29) is 11.6 Å². The Bertz CT molecular complexity index is 1110. The lowest BCUT2D eigenvalue weighted by Gasteiger charge is -2.36. The Morgan fingerprint density at radius 1 is 1.13 bits per heavy atom. The maximum absolute atomic E-state index is 12.6. The van der Waals surface area contributed by atoms with Crippen molar-refractivity contribution in [3.63, 3.8) is 0 Å². The Morgan fingerprint density at radius 2 is 1.97 bits per heavy atom. The van der Waals surface area contributed by atoms with Crippen LogP contribution in [0.3, 0.4) is 0 Å². The van der Waals surface area contributed by atoms with Crippen molar-refractivity contribution in [1.82, 2.24) is 24.2 Å². The van der Waals surface area contributed by atoms with Crippen molar-refractivity contribution in [3.8, 4) is 0 Å². The van der Waals surface area contributed by atoms with Gasteiger partial charge in [-0.1, -0.05) is 0 Å². The summed E-state index contributed by atoms with van der Waals surface area (Å²) in [5.74, 6) is 0. The molecule has 158 valence electrons. The van der Waals surface area contributed by atoms with Gasteiger partial charge in [0.1, 0.15) is 0 Å². The second kappa shape index (κ2) is 7.85. The number of rotatable bonds is 4. The second-order valence-corrected chi connectivity index (χ2v) is 8.41. The summed E-state index contributed by atoms with van der Waals surface area (Å²) in [7, 11) is 0. The van der Waals surface area contributed by atoms with Gasteiger partial charge < -0.3 is 9.64 Å². The van der Waals surface area contributed by atoms with Crippen molar-refractivity contribution in [3.05, 3.63) is 52.3 Å². The van der Waals surface area contributed by atoms with Crippen LogP contribution >= 0.6 is 0 Å². The van der Waals surface area contributed by atoms with Crippen LogP contribution in [-0.4, -0.2) is 57.0 Å². The molecule has 3 aromatic rings. The first-order valence-corrected chi connectivity index (χ1v) is 10.7. The molecule has 0 unspecified atom stereocenters. The molecular formula is C22H28N6O2. The van der Waals surface area contributed by atoms with Gasteiger partial charge in [-0.05, 0) is 32.0 Å². The highest BCUT2D eigenvalue weighted by molar-refractivity contribution is 5.81. The minimum absolute atomic E-state index is 0.0276. The van der Waals surface area contributed by atoms with Gasteiger partial charge in [-0.3, -0.25) is 18.9 Å². The van der Waals surface area contributed by atoms with Crippen LogP contribution in [-0.2, 0) is 24.4 Å². The number of benzene rings is 1. The van der Waals surface area contributed by atoms with E-state index in [2.05, 4.69) is 30.6 Å². The third kappa shape index (κ3) is 3.50. The Kier molecular flexibility index (Phi) is 5.04. The van der Waals surface area contributed by atoms with Crippen LogP contribution in [0.25, 0.3) is 10.9 Å². The van der Waals surface area contributed by atoms with E-state index in [1.165, 1.54) is 11.3 Å². The summed E-state index contributed by atoms with van der Waals surface area (Å²) in [5, 5.41) is 5.19. The molecule has 0 bridgehead atoms. The first kappa shape index (κ1) is 19.3. The number of aromatic nitrogens is 4. The van der Waals surface area contributed by atoms with Gasteiger partial charge in [-0.15, -0.1) is 0 Å². The minimum Gasteiger partial charge on any atom is -0.373 e. The van der Waals surface area contributed by atoms with Crippen LogP contribution in [0, 0.1) is 0 Å². The van der Waals surface area contributed by atoms with Gasteiger partial charge in [-0.25, -0.2) is 4.98 Å². The SMILES string of the molecule is CC(C)n1cnc2cc(N3CCN(Cc4cnn5c4COCC5)CC3)ccc2c1=O. The quantitative estimate of drug-likeness (QED) is 0.658. The maximum Gasteiger partial charge on any atom is 0.261 e. The monoisotopic (exact) mass is 408 g/mol. The molecule has 30 heavy (non-hydrogen) atoms. The fraction of sp³-hybridized carbons (Fsp3) is 0.500. The first-order valence-electron chi connectivity index (χ1n) is 10.7. The number of anilines is 1. The van der Waals surface area contributed by atoms with Crippen molar-refractivity contribution in [1.29, 1.82) is 0 Å². The normalized spacial score (nSPS) is 17.6. The average Bonchev–Trinajstić information content (AvgIpc) is 3.17. The number of hydrogen-bond acceptors (Lipinski definition) is 6. The highest BCUT2D eigenvalue weighted by atomic mass is 16.5. The van der Waals surface area contributed by atoms with Gasteiger partial charge in [0.25, 0.3) is 5.56 Å². The molecule has 0 aliphatic carbocycles. The lowest BCUT2D eigenvalue weighted by Crippen LogP contribution is -2.46. The minimum atomic E-state index is 0.0276. The summed E-state index contributed by atoms with van der Waals surface area (Å²) in [6, 6.07) is 6.12. The predicted octanol–water partition coefficient (Wildman–Crippen LogP) is 2.03. The van der Waals surface area contributed by atoms with Crippen LogP contribution in [0.15, 0.2) is 35.5 Å². The van der Waals surface area contributed by atoms with E-state index in [9.17, 15) is 4.79 Å². The number of nitrogens with zero attached hydrogens (tertiary/aromatic N) is 6. The summed E-state index contributed by atoms with van der Waals surface area (Å²) in [6.45, 7) is 11.1. The van der Waals surface area contributed by atoms with E-state index < -0.39 is 0 Å². The molecule has 8 nitrogen and oxygen atoms in total. The summed E-state index contributed by atoms with van der Waals surface area (Å²) >= 11 is 0. The van der Waals surface area contributed by atoms with E-state index in [4.69, 9.17) is 4.74 Å². The molecule has 0 amide bonds. The molecule has 8 heteroatoms. The molecule has 0 N–H and O–H groups in total. The molecular weight excluding hydrogens is 380 g/mol. The van der Waals surface area contributed by atoms with Crippen LogP contribution in [0.4, 0.5) is 5.69 Å². The van der Waals surface area contributed by atoms with Crippen molar-refractivity contribution < 1.29 is 4.74 Å². The van der Waals surface area contributed by atoms with Crippen molar-refractivity contribution in [2.45, 2.75) is 39.6 Å². The lowest BCUT2D eigenvalue weighted by atomic mass is 10.1. The van der Waals surface area contributed by atoms with Crippen molar-refractivity contribution >= 4 is 16.6 Å². The van der Waals surface area contributed by atoms with E-state index >= 15 is 0 Å². The smallest absolute Gasteiger partial charge is 0.261 e. The standard InChI is InChI=1S/C22H28N6O2/c1-16(2)27-15-23-20-11-18(3-4-19(20)22(27)29)26-7-5-25(6-8-26)13-17-12-24-28-9-10-30-14-21(17)28/h3-4,11-12,15-16H,5-10,13-14H2,1-2H3. The van der Waals surface area contributed by atoms with E-state index in [1.54, 1.807) is 10.9 Å². The molecule has 0 radical (unpaired) electrons. The van der Waals surface area contributed by atoms with Gasteiger partial charge in [0.05, 0.1) is 48.9 Å². The van der Waals surface area contributed by atoms with Crippen LogP contribution in [0.5, 0.6) is 0 Å². The van der Waals surface area contributed by atoms with Crippen LogP contribution in [0.2, 0.25) is 0 Å². The summed E-state index contributed by atoms with van der Waals surface area (Å²) in [4.78, 5) is 22.0. The summed E-state index contributed by atoms with van der Waals surface area (Å²) in [5.41, 5.74) is 4.42. The van der Waals surface area contributed by atoms with Gasteiger partial charge >= 0.3 is 0 Å². The van der Waals surface area contributed by atoms with Gasteiger partial charge in [0.2, 0.25) is 0 Å². The van der Waals surface area contributed by atoms with E-state index in [0.717, 1.165) is 57.1 Å². The molecule has 0 atom stereocenters. The third-order valence-corrected chi connectivity index (χ3v) is 6.18. The first-order chi connectivity index (χ1) is 14.6. The number of hydrogen-bond donors (Lipinski definition) is 0. The molecule has 2 aromatic heterocycles. The van der Waals surface area contributed by atoms with E-state index in [1.807, 2.05) is 32.2 Å². The van der Waals surface area contributed by atoms with Crippen LogP contribution in [0.1, 0.15) is 31.1 Å². The largest absolute Gasteiger partial charge is 0.373 e. The zero-order valence-corrected chi connectivity index (χ0v) is 17.6. The molecule has 5 rings (SSSR count). The average molecular weight is 409 g/mol. The van der Waals surface area contributed by atoms with Crippen molar-refractivity contribution in [2.24, 2.45) is 0 Å². The maximum atomic E-state index is 12.6. The third-order valence-electron chi connectivity index (χ3n) is 6.18. The molecule has 4 heterocycles. The zero-order chi connectivity index (χ0) is 20.7. The Morgan fingerprint density at radius 3 is 2.77 bits per heavy atom. The fourth-order valence-corrected chi connectivity index (χ4v) is 4.35. The Hall–Kier alpha value is -2.71. The molecule has 2 aliphatic heterocycles. The number of piperazine rings is 1. The van der Waals surface area contributed by atoms with Gasteiger partial charge in [-0.2, -0.15) is 5.10 Å². The van der Waals surface area contributed by atoms with E-state index in [0.29, 0.717) is 12.0 Å². The van der Waals surface area contributed by atoms with Crippen LogP contribution < -0.4 is 10.5 Å².